The summed E-state index contributed by atoms with van der Waals surface area (Å²) in [5.74, 6) is 1.54. The number of hydrogen-bond donors (Lipinski definition) is 1. The molecule has 0 unspecified atom stereocenters. The highest BCUT2D eigenvalue weighted by molar-refractivity contribution is 7.99. The number of anilines is 1. The predicted octanol–water partition coefficient (Wildman–Crippen LogP) is 3.09. The second-order valence-corrected chi connectivity index (χ2v) is 6.56. The van der Waals surface area contributed by atoms with Crippen LogP contribution in [-0.2, 0) is 11.8 Å². The highest BCUT2D eigenvalue weighted by Crippen LogP contribution is 2.24. The average Bonchev–Trinajstić information content (AvgIpc) is 3.07. The number of nitriles is 1. The van der Waals surface area contributed by atoms with Gasteiger partial charge in [-0.1, -0.05) is 11.8 Å². The molecule has 1 heterocycles. The Morgan fingerprint density at radius 2 is 1.89 bits per heavy atom. The molecule has 0 saturated heterocycles. The largest absolute Gasteiger partial charge is 0.497 e. The molecule has 3 aromatic rings. The molecule has 0 bridgehead atoms. The van der Waals surface area contributed by atoms with Crippen molar-refractivity contribution < 1.29 is 9.53 Å². The van der Waals surface area contributed by atoms with E-state index in [2.05, 4.69) is 15.5 Å². The van der Waals surface area contributed by atoms with E-state index >= 15 is 0 Å². The molecule has 0 aliphatic heterocycles. The van der Waals surface area contributed by atoms with Gasteiger partial charge in [-0.25, -0.2) is 0 Å². The van der Waals surface area contributed by atoms with E-state index in [4.69, 9.17) is 10.00 Å². The van der Waals surface area contributed by atoms with Crippen LogP contribution in [0.4, 0.5) is 5.69 Å². The summed E-state index contributed by atoms with van der Waals surface area (Å²) in [5.41, 5.74) is 2.11. The van der Waals surface area contributed by atoms with Crippen LogP contribution in [0, 0.1) is 11.3 Å². The molecule has 0 radical (unpaired) electrons. The molecule has 3 rings (SSSR count). The van der Waals surface area contributed by atoms with Crippen molar-refractivity contribution in [3.63, 3.8) is 0 Å². The van der Waals surface area contributed by atoms with E-state index in [0.717, 1.165) is 11.3 Å². The fourth-order valence-corrected chi connectivity index (χ4v) is 3.10. The molecular formula is C19H17N5O2S. The third-order valence-corrected chi connectivity index (χ3v) is 4.83. The van der Waals surface area contributed by atoms with Gasteiger partial charge in [-0.2, -0.15) is 5.26 Å². The first kappa shape index (κ1) is 18.5. The monoisotopic (exact) mass is 379 g/mol. The van der Waals surface area contributed by atoms with Crippen LogP contribution in [0.5, 0.6) is 5.75 Å². The Bertz CT molecular complexity index is 975. The van der Waals surface area contributed by atoms with Crippen LogP contribution in [0.15, 0.2) is 53.7 Å². The summed E-state index contributed by atoms with van der Waals surface area (Å²) in [6.45, 7) is 0. The number of methoxy groups -OCH3 is 1. The predicted molar refractivity (Wildman–Crippen MR) is 104 cm³/mol. The maximum Gasteiger partial charge on any atom is 0.234 e. The Labute approximate surface area is 161 Å². The van der Waals surface area contributed by atoms with Gasteiger partial charge in [-0.3, -0.25) is 4.79 Å². The molecular weight excluding hydrogens is 362 g/mol. The number of carbonyl (C=O) groups excluding carboxylic acids is 1. The number of carbonyl (C=O) groups is 1. The quantitative estimate of drug-likeness (QED) is 0.662. The van der Waals surface area contributed by atoms with Gasteiger partial charge in [-0.15, -0.1) is 10.2 Å². The Hall–Kier alpha value is -3.31. The van der Waals surface area contributed by atoms with Gasteiger partial charge in [0.2, 0.25) is 5.91 Å². The first-order valence-electron chi connectivity index (χ1n) is 8.07. The van der Waals surface area contributed by atoms with Crippen molar-refractivity contribution in [2.75, 3.05) is 18.2 Å². The van der Waals surface area contributed by atoms with Crippen molar-refractivity contribution in [1.29, 1.82) is 5.26 Å². The Kier molecular flexibility index (Phi) is 5.74. The van der Waals surface area contributed by atoms with E-state index < -0.39 is 0 Å². The molecule has 1 N–H and O–H groups in total. The summed E-state index contributed by atoms with van der Waals surface area (Å²) in [6, 6.07) is 16.3. The standard InChI is InChI=1S/C19H17N5O2S/c1-24-18(14-5-9-16(26-2)10-6-14)22-23-19(24)27-12-17(25)21-15-7-3-13(11-20)4-8-15/h3-10H,12H2,1-2H3,(H,21,25). The van der Waals surface area contributed by atoms with E-state index in [-0.39, 0.29) is 11.7 Å². The van der Waals surface area contributed by atoms with Crippen LogP contribution < -0.4 is 10.1 Å². The maximum absolute atomic E-state index is 12.1. The number of nitrogens with zero attached hydrogens (tertiary/aromatic N) is 4. The highest BCUT2D eigenvalue weighted by Gasteiger charge is 2.13. The Balaban J connectivity index is 1.61. The van der Waals surface area contributed by atoms with Crippen LogP contribution >= 0.6 is 11.8 Å². The van der Waals surface area contributed by atoms with Gasteiger partial charge in [0.1, 0.15) is 5.75 Å². The number of aromatic nitrogens is 3. The molecule has 27 heavy (non-hydrogen) atoms. The van der Waals surface area contributed by atoms with Gasteiger partial charge in [0.15, 0.2) is 11.0 Å². The number of benzene rings is 2. The summed E-state index contributed by atoms with van der Waals surface area (Å²) >= 11 is 1.31. The minimum atomic E-state index is -0.154. The lowest BCUT2D eigenvalue weighted by atomic mass is 10.2. The minimum Gasteiger partial charge on any atom is -0.497 e. The van der Waals surface area contributed by atoms with Crippen molar-refractivity contribution >= 4 is 23.4 Å². The molecule has 1 amide bonds. The average molecular weight is 379 g/mol. The summed E-state index contributed by atoms with van der Waals surface area (Å²) in [5, 5.41) is 20.6. The zero-order valence-corrected chi connectivity index (χ0v) is 15.7. The number of ether oxygens (including phenoxy) is 1. The lowest BCUT2D eigenvalue weighted by molar-refractivity contribution is -0.113. The van der Waals surface area contributed by atoms with Gasteiger partial charge in [0, 0.05) is 18.3 Å². The minimum absolute atomic E-state index is 0.154. The molecule has 1 aromatic heterocycles. The van der Waals surface area contributed by atoms with Crippen molar-refractivity contribution in [3.05, 3.63) is 54.1 Å². The fourth-order valence-electron chi connectivity index (χ4n) is 2.39. The Morgan fingerprint density at radius 3 is 2.52 bits per heavy atom. The van der Waals surface area contributed by atoms with Gasteiger partial charge < -0.3 is 14.6 Å². The number of rotatable bonds is 6. The molecule has 0 aliphatic rings. The summed E-state index contributed by atoms with van der Waals surface area (Å²) < 4.78 is 7.01. The van der Waals surface area contributed by atoms with Crippen molar-refractivity contribution in [1.82, 2.24) is 14.8 Å². The Morgan fingerprint density at radius 1 is 1.19 bits per heavy atom. The van der Waals surface area contributed by atoms with Gasteiger partial charge in [0.05, 0.1) is 24.5 Å². The fraction of sp³-hybridized carbons (Fsp3) is 0.158. The maximum atomic E-state index is 12.1. The second kappa shape index (κ2) is 8.38. The van der Waals surface area contributed by atoms with E-state index in [9.17, 15) is 4.79 Å². The van der Waals surface area contributed by atoms with E-state index in [1.807, 2.05) is 41.9 Å². The van der Waals surface area contributed by atoms with Gasteiger partial charge in [-0.05, 0) is 48.5 Å². The van der Waals surface area contributed by atoms with Crippen molar-refractivity contribution in [3.8, 4) is 23.2 Å². The lowest BCUT2D eigenvalue weighted by Crippen LogP contribution is -2.14. The van der Waals surface area contributed by atoms with Crippen LogP contribution in [0.2, 0.25) is 0 Å². The molecule has 0 atom stereocenters. The van der Waals surface area contributed by atoms with E-state index in [0.29, 0.717) is 22.2 Å². The van der Waals surface area contributed by atoms with Crippen LogP contribution in [0.1, 0.15) is 5.56 Å². The van der Waals surface area contributed by atoms with E-state index in [1.54, 1.807) is 31.4 Å². The molecule has 2 aromatic carbocycles. The number of nitrogens with one attached hydrogen (secondary N) is 1. The number of thioether (sulfide) groups is 1. The van der Waals surface area contributed by atoms with Gasteiger partial charge in [0.25, 0.3) is 0 Å². The zero-order valence-electron chi connectivity index (χ0n) is 14.8. The third-order valence-electron chi connectivity index (χ3n) is 3.81. The smallest absolute Gasteiger partial charge is 0.234 e. The van der Waals surface area contributed by atoms with Crippen molar-refractivity contribution in [2.45, 2.75) is 5.16 Å². The molecule has 136 valence electrons. The van der Waals surface area contributed by atoms with E-state index in [1.165, 1.54) is 11.8 Å². The second-order valence-electron chi connectivity index (χ2n) is 5.62. The van der Waals surface area contributed by atoms with Gasteiger partial charge >= 0.3 is 0 Å². The molecule has 0 saturated carbocycles. The molecule has 8 heteroatoms. The number of hydrogen-bond acceptors (Lipinski definition) is 6. The molecule has 0 fully saturated rings. The normalized spacial score (nSPS) is 10.3. The van der Waals surface area contributed by atoms with Crippen LogP contribution in [0.3, 0.4) is 0 Å². The molecule has 0 aliphatic carbocycles. The van der Waals surface area contributed by atoms with Crippen LogP contribution in [0.25, 0.3) is 11.4 Å². The SMILES string of the molecule is COc1ccc(-c2nnc(SCC(=O)Nc3ccc(C#N)cc3)n2C)cc1. The highest BCUT2D eigenvalue weighted by atomic mass is 32.2. The molecule has 7 nitrogen and oxygen atoms in total. The lowest BCUT2D eigenvalue weighted by Gasteiger charge is -2.06. The third kappa shape index (κ3) is 4.46. The van der Waals surface area contributed by atoms with Crippen LogP contribution in [-0.4, -0.2) is 33.5 Å². The first-order valence-corrected chi connectivity index (χ1v) is 9.06. The summed E-state index contributed by atoms with van der Waals surface area (Å²) in [7, 11) is 3.48. The number of amides is 1. The summed E-state index contributed by atoms with van der Waals surface area (Å²) in [4.78, 5) is 12.1. The topological polar surface area (TPSA) is 92.8 Å². The van der Waals surface area contributed by atoms with Crippen molar-refractivity contribution in [2.24, 2.45) is 7.05 Å². The zero-order chi connectivity index (χ0) is 19.2. The first-order chi connectivity index (χ1) is 13.1. The molecule has 0 spiro atoms. The summed E-state index contributed by atoms with van der Waals surface area (Å²) in [6.07, 6.45) is 0.